The van der Waals surface area contributed by atoms with Crippen LogP contribution in [0.25, 0.3) is 0 Å². The van der Waals surface area contributed by atoms with E-state index in [-0.39, 0.29) is 4.88 Å². The Morgan fingerprint density at radius 2 is 2.08 bits per heavy atom. The molecule has 0 amide bonds. The molecule has 1 heterocycles. The molecule has 0 bridgehead atoms. The third-order valence-electron chi connectivity index (χ3n) is 1.17. The van der Waals surface area contributed by atoms with Gasteiger partial charge in [0.25, 0.3) is 0 Å². The van der Waals surface area contributed by atoms with Crippen LogP contribution >= 0.6 is 27.3 Å². The Bertz CT molecular complexity index is 270. The monoisotopic (exact) mass is 260 g/mol. The molecule has 1 atom stereocenters. The summed E-state index contributed by atoms with van der Waals surface area (Å²) in [6, 6.07) is 1.25. The van der Waals surface area contributed by atoms with Crippen LogP contribution in [0.2, 0.25) is 0 Å². The summed E-state index contributed by atoms with van der Waals surface area (Å²) in [7, 11) is 0. The molecule has 68 valence electrons. The van der Waals surface area contributed by atoms with E-state index in [9.17, 15) is 13.2 Å². The molecule has 0 aliphatic heterocycles. The van der Waals surface area contributed by atoms with Crippen molar-refractivity contribution in [3.8, 4) is 0 Å². The van der Waals surface area contributed by atoms with Gasteiger partial charge >= 0.3 is 6.18 Å². The molecule has 1 N–H and O–H groups in total. The van der Waals surface area contributed by atoms with Crippen LogP contribution in [0.4, 0.5) is 13.2 Å². The highest BCUT2D eigenvalue weighted by Crippen LogP contribution is 2.36. The Hall–Kier alpha value is -0.0700. The molecule has 0 radical (unpaired) electrons. The minimum Gasteiger partial charge on any atom is -0.379 e. The van der Waals surface area contributed by atoms with Gasteiger partial charge in [-0.05, 0) is 22.0 Å². The predicted molar refractivity (Wildman–Crippen MR) is 43.0 cm³/mol. The van der Waals surface area contributed by atoms with Gasteiger partial charge in [0.15, 0.2) is 6.10 Å². The molecule has 0 saturated carbocycles. The molecule has 0 unspecified atom stereocenters. The Labute approximate surface area is 79.0 Å². The molecule has 0 fully saturated rings. The Morgan fingerprint density at radius 1 is 1.50 bits per heavy atom. The topological polar surface area (TPSA) is 20.2 Å². The second-order valence-electron chi connectivity index (χ2n) is 2.11. The number of aliphatic hydroxyl groups is 1. The van der Waals surface area contributed by atoms with Crippen molar-refractivity contribution in [3.63, 3.8) is 0 Å². The standard InChI is InChI=1S/C6H4BrF3OS/c7-3-1-4(12-2-3)5(11)6(8,9)10/h1-2,5,11H/t5-/m1/s1. The zero-order chi connectivity index (χ0) is 9.35. The summed E-state index contributed by atoms with van der Waals surface area (Å²) < 4.78 is 36.2. The van der Waals surface area contributed by atoms with Crippen molar-refractivity contribution in [3.05, 3.63) is 20.8 Å². The first-order valence-corrected chi connectivity index (χ1v) is 4.57. The van der Waals surface area contributed by atoms with Gasteiger partial charge in [-0.25, -0.2) is 0 Å². The first-order valence-electron chi connectivity index (χ1n) is 2.90. The van der Waals surface area contributed by atoms with E-state index in [1.807, 2.05) is 0 Å². The SMILES string of the molecule is O[C@H](c1cc(Br)cs1)C(F)(F)F. The van der Waals surface area contributed by atoms with E-state index >= 15 is 0 Å². The molecule has 0 aliphatic rings. The summed E-state index contributed by atoms with van der Waals surface area (Å²) >= 11 is 3.87. The van der Waals surface area contributed by atoms with Crippen molar-refractivity contribution in [2.24, 2.45) is 0 Å². The van der Waals surface area contributed by atoms with Crippen LogP contribution in [0.15, 0.2) is 15.9 Å². The first kappa shape index (κ1) is 10.0. The highest BCUT2D eigenvalue weighted by atomic mass is 79.9. The maximum Gasteiger partial charge on any atom is 0.419 e. The Balaban J connectivity index is 2.85. The van der Waals surface area contributed by atoms with Gasteiger partial charge in [-0.1, -0.05) is 0 Å². The zero-order valence-corrected chi connectivity index (χ0v) is 8.00. The number of thiophene rings is 1. The third-order valence-corrected chi connectivity index (χ3v) is 2.91. The number of halogens is 4. The van der Waals surface area contributed by atoms with E-state index in [4.69, 9.17) is 5.11 Å². The van der Waals surface area contributed by atoms with Crippen molar-refractivity contribution in [2.75, 3.05) is 0 Å². The number of aliphatic hydroxyl groups excluding tert-OH is 1. The first-order chi connectivity index (χ1) is 5.41. The lowest BCUT2D eigenvalue weighted by Gasteiger charge is -2.11. The summed E-state index contributed by atoms with van der Waals surface area (Å²) in [6.45, 7) is 0. The summed E-state index contributed by atoms with van der Waals surface area (Å²) in [6.07, 6.45) is -6.95. The van der Waals surface area contributed by atoms with E-state index in [0.29, 0.717) is 4.47 Å². The van der Waals surface area contributed by atoms with Crippen LogP contribution in [-0.4, -0.2) is 11.3 Å². The smallest absolute Gasteiger partial charge is 0.379 e. The number of alkyl halides is 3. The zero-order valence-electron chi connectivity index (χ0n) is 5.60. The normalized spacial score (nSPS) is 14.8. The van der Waals surface area contributed by atoms with Gasteiger partial charge in [-0.15, -0.1) is 11.3 Å². The molecule has 6 heteroatoms. The molecule has 0 saturated heterocycles. The fourth-order valence-corrected chi connectivity index (χ4v) is 2.09. The summed E-state index contributed by atoms with van der Waals surface area (Å²) in [5, 5.41) is 10.2. The lowest BCUT2D eigenvalue weighted by molar-refractivity contribution is -0.205. The third kappa shape index (κ3) is 2.21. The lowest BCUT2D eigenvalue weighted by atomic mass is 10.3. The van der Waals surface area contributed by atoms with E-state index in [0.717, 1.165) is 11.3 Å². The minimum atomic E-state index is -4.58. The predicted octanol–water partition coefficient (Wildman–Crippen LogP) is 3.11. The van der Waals surface area contributed by atoms with E-state index in [2.05, 4.69) is 15.9 Å². The fraction of sp³-hybridized carbons (Fsp3) is 0.333. The fourth-order valence-electron chi connectivity index (χ4n) is 0.633. The average Bonchev–Trinajstić information content (AvgIpc) is 2.32. The maximum atomic E-state index is 11.9. The van der Waals surface area contributed by atoms with Gasteiger partial charge in [-0.3, -0.25) is 0 Å². The summed E-state index contributed by atoms with van der Waals surface area (Å²) in [5.41, 5.74) is 0. The molecular weight excluding hydrogens is 257 g/mol. The van der Waals surface area contributed by atoms with Crippen LogP contribution < -0.4 is 0 Å². The van der Waals surface area contributed by atoms with Gasteiger partial charge in [0, 0.05) is 14.7 Å². The van der Waals surface area contributed by atoms with Crippen molar-refractivity contribution in [1.29, 1.82) is 0 Å². The van der Waals surface area contributed by atoms with E-state index in [1.165, 1.54) is 11.4 Å². The second kappa shape index (κ2) is 3.35. The van der Waals surface area contributed by atoms with E-state index < -0.39 is 12.3 Å². The highest BCUT2D eigenvalue weighted by molar-refractivity contribution is 9.10. The molecule has 0 spiro atoms. The van der Waals surface area contributed by atoms with Crippen molar-refractivity contribution in [2.45, 2.75) is 12.3 Å². The van der Waals surface area contributed by atoms with Gasteiger partial charge in [0.1, 0.15) is 0 Å². The Kier molecular flexibility index (Phi) is 2.80. The van der Waals surface area contributed by atoms with Gasteiger partial charge in [0.05, 0.1) is 0 Å². The van der Waals surface area contributed by atoms with Crippen LogP contribution in [0.1, 0.15) is 11.0 Å². The number of rotatable bonds is 1. The molecule has 0 aromatic carbocycles. The van der Waals surface area contributed by atoms with E-state index in [1.54, 1.807) is 0 Å². The highest BCUT2D eigenvalue weighted by Gasteiger charge is 2.40. The molecule has 1 nitrogen and oxygen atoms in total. The van der Waals surface area contributed by atoms with Crippen molar-refractivity contribution < 1.29 is 18.3 Å². The van der Waals surface area contributed by atoms with Crippen LogP contribution in [-0.2, 0) is 0 Å². The largest absolute Gasteiger partial charge is 0.419 e. The number of hydrogen-bond acceptors (Lipinski definition) is 2. The number of hydrogen-bond donors (Lipinski definition) is 1. The quantitative estimate of drug-likeness (QED) is 0.823. The van der Waals surface area contributed by atoms with Crippen LogP contribution in [0.3, 0.4) is 0 Å². The molecular formula is C6H4BrF3OS. The second-order valence-corrected chi connectivity index (χ2v) is 3.97. The van der Waals surface area contributed by atoms with Gasteiger partial charge < -0.3 is 5.11 Å². The molecule has 1 aromatic heterocycles. The summed E-state index contributed by atoms with van der Waals surface area (Å²) in [5.74, 6) is 0. The van der Waals surface area contributed by atoms with Crippen LogP contribution in [0, 0.1) is 0 Å². The molecule has 1 aromatic rings. The maximum absolute atomic E-state index is 11.9. The van der Waals surface area contributed by atoms with Gasteiger partial charge in [-0.2, -0.15) is 13.2 Å². The van der Waals surface area contributed by atoms with Crippen LogP contribution in [0.5, 0.6) is 0 Å². The molecule has 1 rings (SSSR count). The van der Waals surface area contributed by atoms with Crippen molar-refractivity contribution >= 4 is 27.3 Å². The average molecular weight is 261 g/mol. The lowest BCUT2D eigenvalue weighted by Crippen LogP contribution is -2.18. The minimum absolute atomic E-state index is 0.102. The Morgan fingerprint density at radius 3 is 2.42 bits per heavy atom. The molecule has 0 aliphatic carbocycles. The van der Waals surface area contributed by atoms with Crippen molar-refractivity contribution in [1.82, 2.24) is 0 Å². The molecule has 12 heavy (non-hydrogen) atoms. The summed E-state index contributed by atoms with van der Waals surface area (Å²) in [4.78, 5) is -0.102. The van der Waals surface area contributed by atoms with Gasteiger partial charge in [0.2, 0.25) is 0 Å².